The fraction of sp³-hybridized carbons (Fsp3) is 0.143. The molecular formula is C35H34N2O4P6. The maximum absolute atomic E-state index is 11.2. The molecule has 0 aliphatic rings. The van der Waals surface area contributed by atoms with Gasteiger partial charge in [-0.3, -0.25) is 9.59 Å². The van der Waals surface area contributed by atoms with Gasteiger partial charge in [0.2, 0.25) is 0 Å². The molecule has 4 unspecified atom stereocenters. The summed E-state index contributed by atoms with van der Waals surface area (Å²) < 4.78 is 9.52. The zero-order chi connectivity index (χ0) is 34.2. The van der Waals surface area contributed by atoms with Crippen molar-refractivity contribution in [3.05, 3.63) is 58.9 Å². The van der Waals surface area contributed by atoms with Gasteiger partial charge in [-0.05, 0) is 115 Å². The third kappa shape index (κ3) is 11.3. The van der Waals surface area contributed by atoms with Crippen LogP contribution in [0.25, 0.3) is 21.8 Å². The van der Waals surface area contributed by atoms with Crippen molar-refractivity contribution in [2.24, 2.45) is 0 Å². The molecule has 0 radical (unpaired) electrons. The van der Waals surface area contributed by atoms with Crippen LogP contribution in [0.5, 0.6) is 11.5 Å². The molecule has 238 valence electrons. The molecule has 1 N–H and O–H groups in total. The summed E-state index contributed by atoms with van der Waals surface area (Å²) in [6.07, 6.45) is 10.4. The Morgan fingerprint density at radius 3 is 1.60 bits per heavy atom. The number of aldehydes is 2. The Morgan fingerprint density at radius 2 is 1.19 bits per heavy atom. The molecule has 0 fully saturated rings. The summed E-state index contributed by atoms with van der Waals surface area (Å²) >= 11 is 0. The van der Waals surface area contributed by atoms with Gasteiger partial charge in [0, 0.05) is 38.1 Å². The van der Waals surface area contributed by atoms with Crippen molar-refractivity contribution in [1.29, 1.82) is 0 Å². The number of hydrogen-bond donors (Lipinski definition) is 1. The highest BCUT2D eigenvalue weighted by Crippen LogP contribution is 2.56. The second-order valence-corrected chi connectivity index (χ2v) is 21.1. The lowest BCUT2D eigenvalue weighted by Crippen LogP contribution is -1.94. The SMILES string of the molecule is C.C#CC#CC#CC#CC#CC#CC.COc1cc(C)c2c(ccn2P(P)P)c1C=O.Cc1cc(O)c(C=O)c2ccn(P(P)P)c12. The van der Waals surface area contributed by atoms with Crippen molar-refractivity contribution in [3.63, 3.8) is 0 Å². The third-order valence-electron chi connectivity index (χ3n) is 5.95. The standard InChI is InChI=1S/C13H4.C11H14NO2P3.C10H12NO2P3.CH4/c1-3-5-7-9-11-13-12-10-8-6-4-2;1-7-5-10(14-2)9(6-13)8-3-4-12(11(7)8)17(15)16;1-6-4-9(13)8(5-12)7-2-3-11(10(6)7)16(14)15;/h1H,2H3;3-6H,15-16H2,1-2H3;2-5,13H,14-15H2,1H3;1H4. The van der Waals surface area contributed by atoms with Crippen molar-refractivity contribution in [2.45, 2.75) is 28.2 Å². The molecular weight excluding hydrogens is 698 g/mol. The number of fused-ring (bicyclic) bond motifs is 2. The van der Waals surface area contributed by atoms with Gasteiger partial charge < -0.3 is 18.5 Å². The lowest BCUT2D eigenvalue weighted by molar-refractivity contribution is 0.111. The van der Waals surface area contributed by atoms with Crippen LogP contribution in [-0.4, -0.2) is 33.5 Å². The van der Waals surface area contributed by atoms with Crippen LogP contribution in [-0.2, 0) is 0 Å². The van der Waals surface area contributed by atoms with Gasteiger partial charge in [-0.15, -0.1) is 6.42 Å². The smallest absolute Gasteiger partial charge is 0.154 e. The summed E-state index contributed by atoms with van der Waals surface area (Å²) in [4.78, 5) is 22.2. The van der Waals surface area contributed by atoms with Crippen molar-refractivity contribution in [3.8, 4) is 83.0 Å². The van der Waals surface area contributed by atoms with Crippen LogP contribution in [0.15, 0.2) is 36.7 Å². The molecule has 0 spiro atoms. The zero-order valence-electron chi connectivity index (χ0n) is 25.5. The number of ether oxygens (including phenoxy) is 1. The number of hydrogen-bond acceptors (Lipinski definition) is 4. The number of aryl methyl sites for hydroxylation is 2. The number of carbonyl (C=O) groups is 2. The molecule has 0 aliphatic carbocycles. The van der Waals surface area contributed by atoms with Crippen LogP contribution < -0.4 is 4.74 Å². The van der Waals surface area contributed by atoms with Crippen LogP contribution in [0.4, 0.5) is 0 Å². The maximum atomic E-state index is 11.2. The Bertz CT molecular complexity index is 2130. The lowest BCUT2D eigenvalue weighted by atomic mass is 10.1. The summed E-state index contributed by atoms with van der Waals surface area (Å²) in [5, 5.41) is 11.5. The van der Waals surface area contributed by atoms with Crippen LogP contribution in [0.2, 0.25) is 0 Å². The van der Waals surface area contributed by atoms with Gasteiger partial charge in [0.25, 0.3) is 0 Å². The minimum Gasteiger partial charge on any atom is -0.507 e. The highest BCUT2D eigenvalue weighted by Gasteiger charge is 2.15. The molecule has 2 aromatic carbocycles. The van der Waals surface area contributed by atoms with E-state index in [4.69, 9.17) is 11.2 Å². The summed E-state index contributed by atoms with van der Waals surface area (Å²) in [6.45, 7) is 5.67. The minimum atomic E-state index is -0.449. The number of nitrogens with zero attached hydrogens (tertiary/aromatic N) is 2. The minimum absolute atomic E-state index is 0. The normalized spacial score (nSPS) is 8.87. The Morgan fingerprint density at radius 1 is 0.766 bits per heavy atom. The quantitative estimate of drug-likeness (QED) is 0.128. The third-order valence-corrected chi connectivity index (χ3v) is 10.6. The van der Waals surface area contributed by atoms with E-state index in [2.05, 4.69) is 110 Å². The van der Waals surface area contributed by atoms with E-state index in [1.807, 2.05) is 44.4 Å². The van der Waals surface area contributed by atoms with E-state index in [1.165, 1.54) is 0 Å². The molecule has 4 rings (SSSR count). The number of rotatable bonds is 5. The van der Waals surface area contributed by atoms with E-state index in [9.17, 15) is 14.7 Å². The first kappa shape index (κ1) is 41.4. The molecule has 0 saturated carbocycles. The van der Waals surface area contributed by atoms with E-state index >= 15 is 0 Å². The molecule has 12 heteroatoms. The summed E-state index contributed by atoms with van der Waals surface area (Å²) in [6, 6.07) is 7.39. The van der Waals surface area contributed by atoms with Crippen molar-refractivity contribution < 1.29 is 19.4 Å². The van der Waals surface area contributed by atoms with Gasteiger partial charge in [0.1, 0.15) is 11.5 Å². The monoisotopic (exact) mass is 732 g/mol. The molecule has 4 aromatic rings. The Hall–Kier alpha value is -3.60. The van der Waals surface area contributed by atoms with Gasteiger partial charge >= 0.3 is 0 Å². The molecule has 0 saturated heterocycles. The van der Waals surface area contributed by atoms with Crippen LogP contribution in [0.1, 0.15) is 46.2 Å². The highest BCUT2D eigenvalue weighted by molar-refractivity contribution is 8.43. The van der Waals surface area contributed by atoms with E-state index in [0.29, 0.717) is 23.2 Å². The highest BCUT2D eigenvalue weighted by atomic mass is 32.4. The largest absolute Gasteiger partial charge is 0.507 e. The summed E-state index contributed by atoms with van der Waals surface area (Å²) in [5.41, 5.74) is 5.19. The first-order valence-corrected chi connectivity index (χ1v) is 22.0. The van der Waals surface area contributed by atoms with Gasteiger partial charge in [-0.25, -0.2) is 0 Å². The first-order valence-electron chi connectivity index (χ1n) is 13.0. The predicted octanol–water partition coefficient (Wildman–Crippen LogP) is 8.18. The van der Waals surface area contributed by atoms with Crippen LogP contribution in [0.3, 0.4) is 0 Å². The van der Waals surface area contributed by atoms with Gasteiger partial charge in [0.15, 0.2) is 12.6 Å². The number of benzene rings is 2. The molecule has 2 heterocycles. The average Bonchev–Trinajstić information content (AvgIpc) is 3.68. The summed E-state index contributed by atoms with van der Waals surface area (Å²) in [7, 11) is 11.8. The van der Waals surface area contributed by atoms with Gasteiger partial charge in [0.05, 0.1) is 29.3 Å². The molecule has 47 heavy (non-hydrogen) atoms. The molecule has 6 nitrogen and oxygen atoms in total. The molecule has 0 amide bonds. The van der Waals surface area contributed by atoms with Gasteiger partial charge in [-0.1, -0.05) is 49.1 Å². The maximum Gasteiger partial charge on any atom is 0.154 e. The van der Waals surface area contributed by atoms with E-state index in [0.717, 1.165) is 39.2 Å². The second kappa shape index (κ2) is 21.3. The number of aromatic hydroxyl groups is 1. The molecule has 0 bridgehead atoms. The number of aromatic nitrogens is 2. The Labute approximate surface area is 289 Å². The Balaban J connectivity index is 0.000000353. The number of methoxy groups -OCH3 is 1. The molecule has 4 atom stereocenters. The van der Waals surface area contributed by atoms with Crippen molar-refractivity contribution in [2.75, 3.05) is 7.11 Å². The first-order chi connectivity index (χ1) is 22.1. The predicted molar refractivity (Wildman–Crippen MR) is 216 cm³/mol. The number of terminal acetylenes is 1. The molecule has 2 aromatic heterocycles. The number of phenols is 1. The Kier molecular flexibility index (Phi) is 18.8. The van der Waals surface area contributed by atoms with Crippen LogP contribution in [0, 0.1) is 85.4 Å². The average molecular weight is 733 g/mol. The zero-order valence-corrected chi connectivity index (χ0v) is 31.9. The van der Waals surface area contributed by atoms with E-state index in [-0.39, 0.29) is 13.2 Å². The fourth-order valence-electron chi connectivity index (χ4n) is 4.15. The van der Waals surface area contributed by atoms with Crippen LogP contribution >= 0.6 is 50.6 Å². The lowest BCUT2D eigenvalue weighted by Gasteiger charge is -2.13. The second-order valence-electron chi connectivity index (χ2n) is 8.80. The topological polar surface area (TPSA) is 73.5 Å². The van der Waals surface area contributed by atoms with Gasteiger partial charge in [-0.2, -0.15) is 0 Å². The summed E-state index contributed by atoms with van der Waals surface area (Å²) in [5.74, 6) is 27.6. The van der Waals surface area contributed by atoms with E-state index in [1.54, 1.807) is 20.1 Å². The number of phenolic OH excluding ortho intramolecular Hbond substituents is 1. The fourth-order valence-corrected chi connectivity index (χ4v) is 7.89. The molecule has 0 aliphatic heterocycles. The van der Waals surface area contributed by atoms with Crippen molar-refractivity contribution in [1.82, 2.24) is 8.68 Å². The van der Waals surface area contributed by atoms with Crippen molar-refractivity contribution >= 4 is 85.0 Å². The van der Waals surface area contributed by atoms with E-state index < -0.39 is 14.9 Å². The number of carbonyl (C=O) groups excluding carboxylic acids is 2.